The van der Waals surface area contributed by atoms with Crippen LogP contribution >= 0.6 is 22.9 Å². The third-order valence-corrected chi connectivity index (χ3v) is 7.20. The summed E-state index contributed by atoms with van der Waals surface area (Å²) in [5, 5.41) is 5.36. The van der Waals surface area contributed by atoms with Gasteiger partial charge in [-0.15, -0.1) is 0 Å². The number of halogens is 1. The zero-order chi connectivity index (χ0) is 22.8. The molecule has 0 atom stereocenters. The summed E-state index contributed by atoms with van der Waals surface area (Å²) >= 11 is 7.78. The molecule has 33 heavy (non-hydrogen) atoms. The third-order valence-electron chi connectivity index (χ3n) is 5.74. The summed E-state index contributed by atoms with van der Waals surface area (Å²) in [4.78, 5) is 22.4. The molecule has 0 saturated carbocycles. The van der Waals surface area contributed by atoms with Crippen LogP contribution in [0.2, 0.25) is 5.02 Å². The molecule has 1 fully saturated rings. The van der Waals surface area contributed by atoms with Crippen LogP contribution in [0.25, 0.3) is 21.5 Å². The first-order chi connectivity index (χ1) is 16.1. The molecule has 2 aromatic heterocycles. The van der Waals surface area contributed by atoms with E-state index >= 15 is 0 Å². The number of fused-ring (bicyclic) bond motifs is 1. The largest absolute Gasteiger partial charge is 0.379 e. The van der Waals surface area contributed by atoms with Gasteiger partial charge in [0.1, 0.15) is 0 Å². The van der Waals surface area contributed by atoms with E-state index in [-0.39, 0.29) is 11.6 Å². The highest BCUT2D eigenvalue weighted by atomic mass is 35.5. The average molecular weight is 483 g/mol. The van der Waals surface area contributed by atoms with Gasteiger partial charge in [-0.25, -0.2) is 4.98 Å². The Bertz CT molecular complexity index is 1270. The van der Waals surface area contributed by atoms with E-state index in [0.717, 1.165) is 34.4 Å². The molecule has 5 rings (SSSR count). The molecule has 7 nitrogen and oxygen atoms in total. The lowest BCUT2D eigenvalue weighted by molar-refractivity contribution is 0.0391. The van der Waals surface area contributed by atoms with Crippen LogP contribution in [-0.4, -0.2) is 60.3 Å². The van der Waals surface area contributed by atoms with Crippen LogP contribution in [0.3, 0.4) is 0 Å². The molecule has 0 spiro atoms. The zero-order valence-corrected chi connectivity index (χ0v) is 19.7. The third kappa shape index (κ3) is 4.65. The summed E-state index contributed by atoms with van der Waals surface area (Å²) in [5.41, 5.74) is 2.85. The van der Waals surface area contributed by atoms with Crippen LogP contribution in [0.5, 0.6) is 0 Å². The predicted molar refractivity (Wildman–Crippen MR) is 130 cm³/mol. The number of carbonyl (C=O) groups excluding carboxylic acids is 1. The molecule has 4 aromatic rings. The molecule has 3 heterocycles. The van der Waals surface area contributed by atoms with Crippen LogP contribution in [-0.2, 0) is 4.74 Å². The van der Waals surface area contributed by atoms with Gasteiger partial charge in [-0.05, 0) is 24.6 Å². The first kappa shape index (κ1) is 22.0. The lowest BCUT2D eigenvalue weighted by Gasteiger charge is -2.28. The van der Waals surface area contributed by atoms with Crippen LogP contribution < -0.4 is 4.90 Å². The average Bonchev–Trinajstić information content (AvgIpc) is 3.51. The Labute approximate surface area is 200 Å². The van der Waals surface area contributed by atoms with Crippen molar-refractivity contribution in [2.75, 3.05) is 44.3 Å². The Morgan fingerprint density at radius 2 is 1.97 bits per heavy atom. The Morgan fingerprint density at radius 1 is 1.18 bits per heavy atom. The highest BCUT2D eigenvalue weighted by Gasteiger charge is 2.26. The molecule has 0 aliphatic carbocycles. The molecule has 1 amide bonds. The predicted octanol–water partition coefficient (Wildman–Crippen LogP) is 4.89. The number of carbonyl (C=O) groups is 1. The van der Waals surface area contributed by atoms with E-state index < -0.39 is 0 Å². The van der Waals surface area contributed by atoms with Gasteiger partial charge in [0.2, 0.25) is 0 Å². The maximum absolute atomic E-state index is 13.6. The van der Waals surface area contributed by atoms with Crippen LogP contribution in [0.15, 0.2) is 53.1 Å². The fourth-order valence-electron chi connectivity index (χ4n) is 3.81. The lowest BCUT2D eigenvalue weighted by Crippen LogP contribution is -2.43. The highest BCUT2D eigenvalue weighted by Crippen LogP contribution is 2.34. The van der Waals surface area contributed by atoms with Crippen molar-refractivity contribution >= 4 is 44.2 Å². The number of rotatable bonds is 6. The molecule has 2 aromatic carbocycles. The summed E-state index contributed by atoms with van der Waals surface area (Å²) in [6.45, 7) is 6.25. The van der Waals surface area contributed by atoms with Crippen molar-refractivity contribution in [3.63, 3.8) is 0 Å². The summed E-state index contributed by atoms with van der Waals surface area (Å²) in [7, 11) is 0. The first-order valence-electron chi connectivity index (χ1n) is 10.8. The maximum Gasteiger partial charge on any atom is 0.282 e. The van der Waals surface area contributed by atoms with E-state index in [1.165, 1.54) is 11.3 Å². The van der Waals surface area contributed by atoms with E-state index in [1.807, 2.05) is 49.4 Å². The molecular weight excluding hydrogens is 460 g/mol. The van der Waals surface area contributed by atoms with Crippen LogP contribution in [0.4, 0.5) is 5.13 Å². The topological polar surface area (TPSA) is 71.7 Å². The second-order valence-electron chi connectivity index (χ2n) is 7.87. The molecular formula is C24H23ClN4O3S. The van der Waals surface area contributed by atoms with Crippen molar-refractivity contribution in [2.24, 2.45) is 0 Å². The van der Waals surface area contributed by atoms with Crippen molar-refractivity contribution in [3.8, 4) is 11.3 Å². The number of anilines is 1. The van der Waals surface area contributed by atoms with Gasteiger partial charge in [0.05, 0.1) is 23.4 Å². The van der Waals surface area contributed by atoms with E-state index in [4.69, 9.17) is 25.8 Å². The number of amides is 1. The Kier molecular flexibility index (Phi) is 6.41. The van der Waals surface area contributed by atoms with Gasteiger partial charge >= 0.3 is 0 Å². The first-order valence-corrected chi connectivity index (χ1v) is 12.0. The van der Waals surface area contributed by atoms with Crippen molar-refractivity contribution in [3.05, 3.63) is 64.8 Å². The van der Waals surface area contributed by atoms with Gasteiger partial charge in [0.15, 0.2) is 16.6 Å². The number of benzene rings is 2. The number of hydrogen-bond donors (Lipinski definition) is 0. The van der Waals surface area contributed by atoms with Crippen molar-refractivity contribution in [1.82, 2.24) is 15.0 Å². The van der Waals surface area contributed by atoms with Gasteiger partial charge in [0, 0.05) is 42.8 Å². The quantitative estimate of drug-likeness (QED) is 0.389. The summed E-state index contributed by atoms with van der Waals surface area (Å²) in [6.07, 6.45) is 0. The van der Waals surface area contributed by atoms with E-state index in [2.05, 4.69) is 10.1 Å². The lowest BCUT2D eigenvalue weighted by atomic mass is 10.1. The second-order valence-corrected chi connectivity index (χ2v) is 9.29. The number of thiazole rings is 1. The minimum Gasteiger partial charge on any atom is -0.379 e. The van der Waals surface area contributed by atoms with Crippen molar-refractivity contribution in [2.45, 2.75) is 6.92 Å². The molecule has 1 aliphatic rings. The molecule has 170 valence electrons. The summed E-state index contributed by atoms with van der Waals surface area (Å²) < 4.78 is 11.9. The molecule has 9 heteroatoms. The normalized spacial score (nSPS) is 14.6. The Morgan fingerprint density at radius 3 is 2.76 bits per heavy atom. The minimum absolute atomic E-state index is 0.239. The molecule has 0 radical (unpaired) electrons. The van der Waals surface area contributed by atoms with Crippen LogP contribution in [0, 0.1) is 6.92 Å². The fourth-order valence-corrected chi connectivity index (χ4v) is 5.01. The summed E-state index contributed by atoms with van der Waals surface area (Å²) in [6, 6.07) is 15.1. The molecule has 0 N–H and O–H groups in total. The number of ether oxygens (including phenoxy) is 1. The SMILES string of the molecule is Cc1c(Cl)ccc2sc(N(CCN3CCOCC3)C(=O)c3cc(-c4ccccc4)on3)nc12. The summed E-state index contributed by atoms with van der Waals surface area (Å²) in [5.74, 6) is 0.316. The second kappa shape index (κ2) is 9.61. The number of morpholine rings is 1. The molecule has 0 unspecified atom stereocenters. The molecule has 1 saturated heterocycles. The molecule has 0 bridgehead atoms. The van der Waals surface area contributed by atoms with Crippen molar-refractivity contribution in [1.29, 1.82) is 0 Å². The van der Waals surface area contributed by atoms with Crippen LogP contribution in [0.1, 0.15) is 16.1 Å². The highest BCUT2D eigenvalue weighted by molar-refractivity contribution is 7.22. The Balaban J connectivity index is 1.46. The van der Waals surface area contributed by atoms with E-state index in [9.17, 15) is 4.79 Å². The number of aryl methyl sites for hydroxylation is 1. The monoisotopic (exact) mass is 482 g/mol. The van der Waals surface area contributed by atoms with Gasteiger partial charge in [-0.2, -0.15) is 0 Å². The fraction of sp³-hybridized carbons (Fsp3) is 0.292. The zero-order valence-electron chi connectivity index (χ0n) is 18.2. The van der Waals surface area contributed by atoms with Gasteiger partial charge < -0.3 is 9.26 Å². The molecule has 1 aliphatic heterocycles. The number of nitrogens with zero attached hydrogens (tertiary/aromatic N) is 4. The van der Waals surface area contributed by atoms with E-state index in [1.54, 1.807) is 11.0 Å². The van der Waals surface area contributed by atoms with Crippen molar-refractivity contribution < 1.29 is 14.1 Å². The minimum atomic E-state index is -0.239. The maximum atomic E-state index is 13.6. The standard InChI is InChI=1S/C24H23ClN4O3S/c1-16-18(25)7-8-21-22(16)26-24(33-21)29(10-9-28-11-13-31-14-12-28)23(30)19-15-20(32-27-19)17-5-3-2-4-6-17/h2-8,15H,9-14H2,1H3. The smallest absolute Gasteiger partial charge is 0.282 e. The van der Waals surface area contributed by atoms with Gasteiger partial charge in [-0.3, -0.25) is 14.6 Å². The number of aromatic nitrogens is 2. The number of hydrogen-bond acceptors (Lipinski definition) is 7. The Hall–Kier alpha value is -2.78. The van der Waals surface area contributed by atoms with Gasteiger partial charge in [0.25, 0.3) is 5.91 Å². The van der Waals surface area contributed by atoms with E-state index in [0.29, 0.717) is 42.2 Å². The van der Waals surface area contributed by atoms with Gasteiger partial charge in [-0.1, -0.05) is 58.4 Å².